The van der Waals surface area contributed by atoms with Crippen molar-refractivity contribution in [2.24, 2.45) is 0 Å². The Morgan fingerprint density at radius 3 is 2.94 bits per heavy atom. The Balaban J connectivity index is 2.77. The maximum absolute atomic E-state index is 12.1. The molecule has 6 heteroatoms. The van der Waals surface area contributed by atoms with Gasteiger partial charge in [-0.15, -0.1) is 0 Å². The van der Waals surface area contributed by atoms with Gasteiger partial charge in [0, 0.05) is 5.02 Å². The molecule has 1 heterocycles. The Labute approximate surface area is 107 Å². The molecule has 2 aromatic rings. The maximum atomic E-state index is 12.1. The lowest BCUT2D eigenvalue weighted by atomic mass is 10.2. The van der Waals surface area contributed by atoms with Crippen LogP contribution in [0.4, 0.5) is 0 Å². The van der Waals surface area contributed by atoms with Gasteiger partial charge in [0.25, 0.3) is 5.56 Å². The van der Waals surface area contributed by atoms with Crippen LogP contribution >= 0.6 is 23.8 Å². The zero-order valence-corrected chi connectivity index (χ0v) is 10.7. The molecule has 2 N–H and O–H groups in total. The third-order valence-corrected chi connectivity index (χ3v) is 2.95. The first-order valence-electron chi connectivity index (χ1n) is 5.09. The van der Waals surface area contributed by atoms with Gasteiger partial charge in [-0.3, -0.25) is 9.36 Å². The Morgan fingerprint density at radius 1 is 1.59 bits per heavy atom. The van der Waals surface area contributed by atoms with E-state index in [0.29, 0.717) is 15.9 Å². The summed E-state index contributed by atoms with van der Waals surface area (Å²) in [6.45, 7) is 1.78. The largest absolute Gasteiger partial charge is 0.392 e. The van der Waals surface area contributed by atoms with Crippen LogP contribution in [-0.2, 0) is 6.54 Å². The topological polar surface area (TPSA) is 58.0 Å². The second-order valence-electron chi connectivity index (χ2n) is 3.88. The lowest BCUT2D eigenvalue weighted by Crippen LogP contribution is -2.26. The summed E-state index contributed by atoms with van der Waals surface area (Å²) in [6.07, 6.45) is -0.632. The number of rotatable bonds is 2. The van der Waals surface area contributed by atoms with E-state index in [1.807, 2.05) is 0 Å². The fourth-order valence-electron chi connectivity index (χ4n) is 1.66. The third kappa shape index (κ3) is 2.41. The Morgan fingerprint density at radius 2 is 2.29 bits per heavy atom. The van der Waals surface area contributed by atoms with Crippen LogP contribution in [0.2, 0.25) is 5.02 Å². The highest BCUT2D eigenvalue weighted by Crippen LogP contribution is 2.14. The lowest BCUT2D eigenvalue weighted by Gasteiger charge is -2.09. The molecule has 0 saturated heterocycles. The lowest BCUT2D eigenvalue weighted by molar-refractivity contribution is 0.171. The minimum atomic E-state index is -0.632. The van der Waals surface area contributed by atoms with Crippen LogP contribution < -0.4 is 5.56 Å². The fraction of sp³-hybridized carbons (Fsp3) is 0.273. The molecule has 1 unspecified atom stereocenters. The molecular formula is C11H11ClN2O2S. The number of aliphatic hydroxyl groups is 1. The maximum Gasteiger partial charge on any atom is 0.262 e. The van der Waals surface area contributed by atoms with Gasteiger partial charge in [-0.25, -0.2) is 0 Å². The van der Waals surface area contributed by atoms with Crippen molar-refractivity contribution in [3.05, 3.63) is 38.3 Å². The van der Waals surface area contributed by atoms with Crippen molar-refractivity contribution in [1.82, 2.24) is 9.55 Å². The quantitative estimate of drug-likeness (QED) is 0.822. The van der Waals surface area contributed by atoms with E-state index in [-0.39, 0.29) is 16.9 Å². The molecule has 17 heavy (non-hydrogen) atoms. The van der Waals surface area contributed by atoms with E-state index >= 15 is 0 Å². The number of benzene rings is 1. The van der Waals surface area contributed by atoms with Crippen molar-refractivity contribution in [3.63, 3.8) is 0 Å². The minimum Gasteiger partial charge on any atom is -0.392 e. The predicted octanol–water partition coefficient (Wildman–Crippen LogP) is 2.09. The van der Waals surface area contributed by atoms with Gasteiger partial charge in [0.05, 0.1) is 23.6 Å². The van der Waals surface area contributed by atoms with Gasteiger partial charge in [-0.1, -0.05) is 11.6 Å². The van der Waals surface area contributed by atoms with Gasteiger partial charge in [0.15, 0.2) is 4.77 Å². The van der Waals surface area contributed by atoms with Gasteiger partial charge in [0.2, 0.25) is 0 Å². The van der Waals surface area contributed by atoms with Gasteiger partial charge < -0.3 is 10.1 Å². The zero-order valence-electron chi connectivity index (χ0n) is 9.11. The van der Waals surface area contributed by atoms with Gasteiger partial charge in [-0.2, -0.15) is 0 Å². The molecule has 0 aliphatic rings. The van der Waals surface area contributed by atoms with E-state index in [4.69, 9.17) is 23.8 Å². The van der Waals surface area contributed by atoms with Crippen molar-refractivity contribution < 1.29 is 5.11 Å². The molecule has 1 aromatic heterocycles. The monoisotopic (exact) mass is 270 g/mol. The molecule has 0 radical (unpaired) electrons. The number of fused-ring (bicyclic) bond motifs is 1. The zero-order chi connectivity index (χ0) is 12.6. The average molecular weight is 271 g/mol. The number of H-pyrrole nitrogens is 1. The third-order valence-electron chi connectivity index (χ3n) is 2.39. The summed E-state index contributed by atoms with van der Waals surface area (Å²) < 4.78 is 1.63. The summed E-state index contributed by atoms with van der Waals surface area (Å²) in [4.78, 5) is 15.0. The van der Waals surface area contributed by atoms with Crippen molar-refractivity contribution >= 4 is 34.7 Å². The van der Waals surface area contributed by atoms with E-state index in [9.17, 15) is 9.90 Å². The Kier molecular flexibility index (Phi) is 3.33. The Bertz CT molecular complexity index is 675. The second-order valence-corrected chi connectivity index (χ2v) is 4.71. The summed E-state index contributed by atoms with van der Waals surface area (Å²) in [5.41, 5.74) is 0.385. The number of aromatic amines is 1. The normalized spacial score (nSPS) is 12.9. The first kappa shape index (κ1) is 12.3. The molecule has 1 atom stereocenters. The summed E-state index contributed by atoms with van der Waals surface area (Å²) in [5.74, 6) is 0. The summed E-state index contributed by atoms with van der Waals surface area (Å²) in [5, 5.41) is 10.4. The molecule has 1 aromatic carbocycles. The summed E-state index contributed by atoms with van der Waals surface area (Å²) >= 11 is 10.9. The number of aliphatic hydroxyl groups excluding tert-OH is 1. The molecule has 4 nitrogen and oxygen atoms in total. The predicted molar refractivity (Wildman–Crippen MR) is 70.1 cm³/mol. The van der Waals surface area contributed by atoms with Gasteiger partial charge in [-0.05, 0) is 37.3 Å². The number of nitrogens with one attached hydrogen (secondary N) is 1. The van der Waals surface area contributed by atoms with E-state index in [2.05, 4.69) is 4.98 Å². The van der Waals surface area contributed by atoms with Crippen LogP contribution in [0.3, 0.4) is 0 Å². The van der Waals surface area contributed by atoms with Crippen molar-refractivity contribution in [1.29, 1.82) is 0 Å². The van der Waals surface area contributed by atoms with E-state index in [1.54, 1.807) is 25.1 Å². The SMILES string of the molecule is CC(O)Cn1c(=S)[nH]c2cc(Cl)ccc2c1=O. The van der Waals surface area contributed by atoms with Crippen LogP contribution in [0, 0.1) is 4.77 Å². The molecule has 0 aliphatic carbocycles. The highest BCUT2D eigenvalue weighted by molar-refractivity contribution is 7.71. The van der Waals surface area contributed by atoms with Crippen molar-refractivity contribution in [2.45, 2.75) is 19.6 Å². The van der Waals surface area contributed by atoms with Crippen LogP contribution in [-0.4, -0.2) is 20.8 Å². The molecule has 2 rings (SSSR count). The van der Waals surface area contributed by atoms with Crippen LogP contribution in [0.15, 0.2) is 23.0 Å². The van der Waals surface area contributed by atoms with Gasteiger partial charge in [0.1, 0.15) is 0 Å². The first-order valence-corrected chi connectivity index (χ1v) is 5.88. The Hall–Kier alpha value is -1.17. The van der Waals surface area contributed by atoms with Crippen molar-refractivity contribution in [2.75, 3.05) is 0 Å². The highest BCUT2D eigenvalue weighted by Gasteiger charge is 2.07. The summed E-state index contributed by atoms with van der Waals surface area (Å²) in [6, 6.07) is 4.94. The number of nitrogens with zero attached hydrogens (tertiary/aromatic N) is 1. The molecule has 0 saturated carbocycles. The molecule has 0 bridgehead atoms. The molecule has 0 aliphatic heterocycles. The van der Waals surface area contributed by atoms with E-state index < -0.39 is 6.10 Å². The smallest absolute Gasteiger partial charge is 0.262 e. The molecule has 0 spiro atoms. The number of hydrogen-bond acceptors (Lipinski definition) is 3. The molecule has 0 amide bonds. The fourth-order valence-corrected chi connectivity index (χ4v) is 2.10. The number of hydrogen-bond donors (Lipinski definition) is 2. The number of aromatic nitrogens is 2. The first-order chi connectivity index (χ1) is 7.99. The molecular weight excluding hydrogens is 260 g/mol. The second kappa shape index (κ2) is 4.60. The van der Waals surface area contributed by atoms with Crippen LogP contribution in [0.1, 0.15) is 6.92 Å². The number of halogens is 1. The van der Waals surface area contributed by atoms with Gasteiger partial charge >= 0.3 is 0 Å². The van der Waals surface area contributed by atoms with Crippen molar-refractivity contribution in [3.8, 4) is 0 Å². The van der Waals surface area contributed by atoms with Crippen LogP contribution in [0.5, 0.6) is 0 Å². The van der Waals surface area contributed by atoms with E-state index in [1.165, 1.54) is 4.57 Å². The van der Waals surface area contributed by atoms with Crippen LogP contribution in [0.25, 0.3) is 10.9 Å². The minimum absolute atomic E-state index is 0.173. The highest BCUT2D eigenvalue weighted by atomic mass is 35.5. The molecule has 90 valence electrons. The van der Waals surface area contributed by atoms with E-state index in [0.717, 1.165) is 0 Å². The molecule has 0 fully saturated rings. The standard InChI is InChI=1S/C11H11ClN2O2S/c1-6(15)5-14-10(16)8-3-2-7(12)4-9(8)13-11(14)17/h2-4,6,15H,5H2,1H3,(H,13,17). The summed E-state index contributed by atoms with van der Waals surface area (Å²) in [7, 11) is 0. The average Bonchev–Trinajstić information content (AvgIpc) is 2.23.